The molecule has 0 spiro atoms. The van der Waals surface area contributed by atoms with E-state index in [1.165, 1.54) is 12.0 Å². The molecule has 0 N–H and O–H groups in total. The maximum Gasteiger partial charge on any atom is 0.223 e. The number of fused-ring (bicyclic) bond motifs is 1. The third-order valence-electron chi connectivity index (χ3n) is 4.25. The molecule has 0 saturated carbocycles. The zero-order valence-electron chi connectivity index (χ0n) is 10.8. The Morgan fingerprint density at radius 2 is 2.22 bits per heavy atom. The van der Waals surface area contributed by atoms with E-state index in [4.69, 9.17) is 4.74 Å². The van der Waals surface area contributed by atoms with E-state index in [9.17, 15) is 4.79 Å². The van der Waals surface area contributed by atoms with Gasteiger partial charge in [-0.15, -0.1) is 0 Å². The van der Waals surface area contributed by atoms with Gasteiger partial charge in [-0.05, 0) is 37.0 Å². The van der Waals surface area contributed by atoms with Gasteiger partial charge in [-0.2, -0.15) is 0 Å². The Balaban J connectivity index is 1.89. The van der Waals surface area contributed by atoms with E-state index in [0.717, 1.165) is 25.1 Å². The minimum atomic E-state index is 0.326. The summed E-state index contributed by atoms with van der Waals surface area (Å²) >= 11 is 0. The molecule has 0 aromatic heterocycles. The van der Waals surface area contributed by atoms with E-state index in [2.05, 4.69) is 17.0 Å². The van der Waals surface area contributed by atoms with Crippen molar-refractivity contribution in [2.75, 3.05) is 13.7 Å². The molecule has 2 atom stereocenters. The van der Waals surface area contributed by atoms with Crippen molar-refractivity contribution < 1.29 is 9.53 Å². The number of carbonyl (C=O) groups is 1. The number of hydrogen-bond donors (Lipinski definition) is 0. The summed E-state index contributed by atoms with van der Waals surface area (Å²) in [4.78, 5) is 14.1. The summed E-state index contributed by atoms with van der Waals surface area (Å²) in [6.07, 6.45) is 4.22. The quantitative estimate of drug-likeness (QED) is 0.801. The number of ether oxygens (including phenoxy) is 1. The fourth-order valence-electron chi connectivity index (χ4n) is 3.34. The highest BCUT2D eigenvalue weighted by Gasteiger charge is 2.41. The van der Waals surface area contributed by atoms with Gasteiger partial charge in [0.05, 0.1) is 7.11 Å². The second-order valence-electron chi connectivity index (χ2n) is 5.24. The Hall–Kier alpha value is -1.51. The highest BCUT2D eigenvalue weighted by Crippen LogP contribution is 2.39. The lowest BCUT2D eigenvalue weighted by Crippen LogP contribution is -2.38. The summed E-state index contributed by atoms with van der Waals surface area (Å²) in [6.45, 7) is 0.948. The van der Waals surface area contributed by atoms with Crippen LogP contribution < -0.4 is 4.74 Å². The molecule has 2 fully saturated rings. The van der Waals surface area contributed by atoms with E-state index in [-0.39, 0.29) is 0 Å². The van der Waals surface area contributed by atoms with Gasteiger partial charge in [-0.25, -0.2) is 0 Å². The van der Waals surface area contributed by atoms with Gasteiger partial charge in [0, 0.05) is 24.9 Å². The van der Waals surface area contributed by atoms with Crippen LogP contribution in [0.1, 0.15) is 37.2 Å². The van der Waals surface area contributed by atoms with E-state index in [1.54, 1.807) is 7.11 Å². The lowest BCUT2D eigenvalue weighted by Gasteiger charge is -2.32. The number of hydrogen-bond acceptors (Lipinski definition) is 2. The minimum Gasteiger partial charge on any atom is -0.497 e. The normalized spacial score (nSPS) is 27.2. The van der Waals surface area contributed by atoms with Gasteiger partial charge in [-0.3, -0.25) is 4.79 Å². The molecule has 3 rings (SSSR count). The van der Waals surface area contributed by atoms with Gasteiger partial charge in [0.25, 0.3) is 0 Å². The van der Waals surface area contributed by atoms with Gasteiger partial charge in [0.2, 0.25) is 5.91 Å². The summed E-state index contributed by atoms with van der Waals surface area (Å²) in [5.41, 5.74) is 1.25. The van der Waals surface area contributed by atoms with Crippen LogP contribution in [0.25, 0.3) is 0 Å². The molecular formula is C15H19NO2. The average molecular weight is 245 g/mol. The molecule has 2 heterocycles. The smallest absolute Gasteiger partial charge is 0.223 e. The fourth-order valence-corrected chi connectivity index (χ4v) is 3.34. The fraction of sp³-hybridized carbons (Fsp3) is 0.533. The first-order chi connectivity index (χ1) is 8.79. The minimum absolute atomic E-state index is 0.326. The van der Waals surface area contributed by atoms with Crippen molar-refractivity contribution in [1.29, 1.82) is 0 Å². The maximum atomic E-state index is 12.0. The van der Waals surface area contributed by atoms with Crippen LogP contribution in [-0.2, 0) is 4.79 Å². The Bertz CT molecular complexity index is 458. The molecule has 2 aliphatic heterocycles. The van der Waals surface area contributed by atoms with Crippen LogP contribution in [0.15, 0.2) is 24.3 Å². The van der Waals surface area contributed by atoms with Gasteiger partial charge in [0.15, 0.2) is 0 Å². The number of benzene rings is 1. The average Bonchev–Trinajstić information content (AvgIpc) is 2.77. The van der Waals surface area contributed by atoms with Crippen molar-refractivity contribution in [1.82, 2.24) is 4.90 Å². The summed E-state index contributed by atoms with van der Waals surface area (Å²) in [6, 6.07) is 8.59. The lowest BCUT2D eigenvalue weighted by atomic mass is 9.87. The molecule has 1 aromatic carbocycles. The van der Waals surface area contributed by atoms with Crippen LogP contribution in [0.5, 0.6) is 5.75 Å². The zero-order chi connectivity index (χ0) is 12.5. The molecule has 18 heavy (non-hydrogen) atoms. The van der Waals surface area contributed by atoms with Gasteiger partial charge in [0.1, 0.15) is 5.75 Å². The molecule has 2 aliphatic rings. The molecule has 0 aliphatic carbocycles. The van der Waals surface area contributed by atoms with Crippen molar-refractivity contribution in [2.45, 2.75) is 37.6 Å². The monoisotopic (exact) mass is 245 g/mol. The van der Waals surface area contributed by atoms with Crippen LogP contribution in [0.3, 0.4) is 0 Å². The van der Waals surface area contributed by atoms with Gasteiger partial charge in [-0.1, -0.05) is 12.1 Å². The van der Waals surface area contributed by atoms with Crippen molar-refractivity contribution >= 4 is 5.91 Å². The topological polar surface area (TPSA) is 29.5 Å². The molecule has 0 unspecified atom stereocenters. The predicted molar refractivity (Wildman–Crippen MR) is 69.7 cm³/mol. The first-order valence-corrected chi connectivity index (χ1v) is 6.73. The molecule has 1 amide bonds. The molecule has 0 bridgehead atoms. The zero-order valence-corrected chi connectivity index (χ0v) is 10.8. The van der Waals surface area contributed by atoms with E-state index in [0.29, 0.717) is 24.3 Å². The second-order valence-corrected chi connectivity index (χ2v) is 5.24. The van der Waals surface area contributed by atoms with Gasteiger partial charge >= 0.3 is 0 Å². The number of nitrogens with zero attached hydrogens (tertiary/aromatic N) is 1. The summed E-state index contributed by atoms with van der Waals surface area (Å²) in [7, 11) is 1.69. The first kappa shape index (κ1) is 11.6. The SMILES string of the molecule is COc1cccc([C@H]2CC(=O)N3CCCC[C@H]23)c1. The van der Waals surface area contributed by atoms with Crippen molar-refractivity contribution in [3.05, 3.63) is 29.8 Å². The van der Waals surface area contributed by atoms with Crippen molar-refractivity contribution in [2.24, 2.45) is 0 Å². The maximum absolute atomic E-state index is 12.0. The standard InChI is InChI=1S/C15H19NO2/c1-18-12-6-4-5-11(9-12)13-10-15(17)16-8-3-2-7-14(13)16/h4-6,9,13-14H,2-3,7-8,10H2,1H3/t13-,14-/m1/s1. The Labute approximate surface area is 108 Å². The number of piperidine rings is 1. The van der Waals surface area contributed by atoms with Crippen LogP contribution in [0.4, 0.5) is 0 Å². The highest BCUT2D eigenvalue weighted by molar-refractivity contribution is 5.80. The highest BCUT2D eigenvalue weighted by atomic mass is 16.5. The van der Waals surface area contributed by atoms with Crippen LogP contribution in [0, 0.1) is 0 Å². The largest absolute Gasteiger partial charge is 0.497 e. The number of carbonyl (C=O) groups excluding carboxylic acids is 1. The molecule has 0 radical (unpaired) electrons. The summed E-state index contributed by atoms with van der Waals surface area (Å²) < 4.78 is 5.28. The van der Waals surface area contributed by atoms with Crippen LogP contribution >= 0.6 is 0 Å². The molecule has 2 saturated heterocycles. The van der Waals surface area contributed by atoms with Crippen molar-refractivity contribution in [3.8, 4) is 5.75 Å². The Kier molecular flexibility index (Phi) is 2.98. The molecule has 96 valence electrons. The number of amides is 1. The third-order valence-corrected chi connectivity index (χ3v) is 4.25. The Morgan fingerprint density at radius 1 is 1.33 bits per heavy atom. The molecule has 1 aromatic rings. The van der Waals surface area contributed by atoms with E-state index >= 15 is 0 Å². The third kappa shape index (κ3) is 1.88. The van der Waals surface area contributed by atoms with E-state index in [1.807, 2.05) is 12.1 Å². The first-order valence-electron chi connectivity index (χ1n) is 6.73. The second kappa shape index (κ2) is 4.63. The molecular weight excluding hydrogens is 226 g/mol. The lowest BCUT2D eigenvalue weighted by molar-refractivity contribution is -0.129. The predicted octanol–water partition coefficient (Wildman–Crippen LogP) is 2.56. The number of rotatable bonds is 2. The van der Waals surface area contributed by atoms with Gasteiger partial charge < -0.3 is 9.64 Å². The van der Waals surface area contributed by atoms with Crippen LogP contribution in [-0.4, -0.2) is 30.5 Å². The van der Waals surface area contributed by atoms with Crippen LogP contribution in [0.2, 0.25) is 0 Å². The summed E-state index contributed by atoms with van der Waals surface area (Å²) in [5.74, 6) is 1.56. The molecule has 3 nitrogen and oxygen atoms in total. The van der Waals surface area contributed by atoms with E-state index < -0.39 is 0 Å². The Morgan fingerprint density at radius 3 is 3.06 bits per heavy atom. The molecule has 3 heteroatoms. The van der Waals surface area contributed by atoms with Crippen molar-refractivity contribution in [3.63, 3.8) is 0 Å². The summed E-state index contributed by atoms with van der Waals surface area (Å²) in [5, 5.41) is 0. The number of methoxy groups -OCH3 is 1.